The van der Waals surface area contributed by atoms with Crippen molar-refractivity contribution in [2.24, 2.45) is 0 Å². The first-order chi connectivity index (χ1) is 6.99. The molecule has 0 saturated heterocycles. The zero-order valence-electron chi connectivity index (χ0n) is 8.82. The first-order valence-corrected chi connectivity index (χ1v) is 5.46. The van der Waals surface area contributed by atoms with E-state index < -0.39 is 12.8 Å². The minimum absolute atomic E-state index is 0.0936. The molecule has 0 unspecified atom stereocenters. The van der Waals surface area contributed by atoms with Crippen molar-refractivity contribution in [3.8, 4) is 0 Å². The Labute approximate surface area is 93.3 Å². The minimum atomic E-state index is -4.23. The molecule has 0 aliphatic rings. The summed E-state index contributed by atoms with van der Waals surface area (Å²) >= 11 is 5.55. The Morgan fingerprint density at radius 1 is 1.20 bits per heavy atom. The second-order valence-corrected chi connectivity index (χ2v) is 3.58. The average molecular weight is 248 g/mol. The molecule has 0 saturated carbocycles. The van der Waals surface area contributed by atoms with Gasteiger partial charge in [0.15, 0.2) is 0 Å². The van der Waals surface area contributed by atoms with Crippen LogP contribution in [0.2, 0.25) is 0 Å². The van der Waals surface area contributed by atoms with Crippen LogP contribution in [0, 0.1) is 0 Å². The molecular weight excluding hydrogens is 231 g/mol. The molecule has 0 bridgehead atoms. The Balaban J connectivity index is 3.52. The van der Waals surface area contributed by atoms with Crippen LogP contribution < -0.4 is 0 Å². The molecule has 0 radical (unpaired) electrons. The van der Waals surface area contributed by atoms with Crippen LogP contribution in [-0.4, -0.2) is 49.8 Å². The van der Waals surface area contributed by atoms with Gasteiger partial charge in [-0.25, -0.2) is 0 Å². The first-order valence-electron chi connectivity index (χ1n) is 4.92. The summed E-state index contributed by atoms with van der Waals surface area (Å²) in [5.41, 5.74) is 0. The molecule has 0 fully saturated rings. The molecular formula is C9H17ClF3NO. The third-order valence-corrected chi connectivity index (χ3v) is 1.93. The summed E-state index contributed by atoms with van der Waals surface area (Å²) < 4.78 is 39.7. The number of alkyl halides is 4. The number of nitrogens with zero attached hydrogens (tertiary/aromatic N) is 1. The van der Waals surface area contributed by atoms with Crippen LogP contribution in [0.3, 0.4) is 0 Å². The van der Waals surface area contributed by atoms with E-state index in [-0.39, 0.29) is 6.61 Å². The van der Waals surface area contributed by atoms with Crippen molar-refractivity contribution in [3.05, 3.63) is 0 Å². The Hall–Kier alpha value is -0.0000000000000000555. The van der Waals surface area contributed by atoms with Gasteiger partial charge < -0.3 is 4.74 Å². The standard InChI is InChI=1S/C9H17ClF3NO/c1-2-4-14(5-3-10)6-7-15-8-9(11,12)13/h2-8H2,1H3. The van der Waals surface area contributed by atoms with Gasteiger partial charge in [0.1, 0.15) is 6.61 Å². The van der Waals surface area contributed by atoms with Crippen LogP contribution in [0.15, 0.2) is 0 Å². The number of rotatable bonds is 8. The van der Waals surface area contributed by atoms with Crippen molar-refractivity contribution in [2.75, 3.05) is 38.7 Å². The quantitative estimate of drug-likeness (QED) is 0.483. The maximum absolute atomic E-state index is 11.7. The van der Waals surface area contributed by atoms with Crippen molar-refractivity contribution in [2.45, 2.75) is 19.5 Å². The van der Waals surface area contributed by atoms with Crippen LogP contribution in [-0.2, 0) is 4.74 Å². The normalized spacial score (nSPS) is 12.4. The van der Waals surface area contributed by atoms with Gasteiger partial charge in [0, 0.05) is 19.0 Å². The topological polar surface area (TPSA) is 12.5 Å². The van der Waals surface area contributed by atoms with E-state index in [1.54, 1.807) is 0 Å². The summed E-state index contributed by atoms with van der Waals surface area (Å²) in [7, 11) is 0. The second-order valence-electron chi connectivity index (χ2n) is 3.20. The molecule has 6 heteroatoms. The highest BCUT2D eigenvalue weighted by Crippen LogP contribution is 2.14. The van der Waals surface area contributed by atoms with Crippen molar-refractivity contribution in [3.63, 3.8) is 0 Å². The van der Waals surface area contributed by atoms with Gasteiger partial charge in [-0.3, -0.25) is 4.90 Å². The van der Waals surface area contributed by atoms with E-state index in [9.17, 15) is 13.2 Å². The van der Waals surface area contributed by atoms with Gasteiger partial charge in [-0.1, -0.05) is 6.92 Å². The number of ether oxygens (including phenoxy) is 1. The number of hydrogen-bond acceptors (Lipinski definition) is 2. The lowest BCUT2D eigenvalue weighted by molar-refractivity contribution is -0.174. The molecule has 92 valence electrons. The van der Waals surface area contributed by atoms with E-state index >= 15 is 0 Å². The third kappa shape index (κ3) is 10.3. The highest BCUT2D eigenvalue weighted by atomic mass is 35.5. The molecule has 0 atom stereocenters. The molecule has 0 aromatic rings. The lowest BCUT2D eigenvalue weighted by atomic mass is 10.4. The van der Waals surface area contributed by atoms with E-state index in [2.05, 4.69) is 4.74 Å². The molecule has 0 heterocycles. The van der Waals surface area contributed by atoms with Gasteiger partial charge in [0.25, 0.3) is 0 Å². The molecule has 0 aromatic carbocycles. The van der Waals surface area contributed by atoms with Crippen LogP contribution in [0.4, 0.5) is 13.2 Å². The zero-order chi connectivity index (χ0) is 11.7. The Morgan fingerprint density at radius 2 is 1.87 bits per heavy atom. The predicted molar refractivity (Wildman–Crippen MR) is 54.3 cm³/mol. The molecule has 0 spiro atoms. The van der Waals surface area contributed by atoms with E-state index in [0.29, 0.717) is 19.0 Å². The average Bonchev–Trinajstić information content (AvgIpc) is 2.11. The van der Waals surface area contributed by atoms with Crippen molar-refractivity contribution in [1.29, 1.82) is 0 Å². The fourth-order valence-corrected chi connectivity index (χ4v) is 1.39. The van der Waals surface area contributed by atoms with E-state index in [1.165, 1.54) is 0 Å². The van der Waals surface area contributed by atoms with Crippen LogP contribution in [0.5, 0.6) is 0 Å². The Bertz CT molecular complexity index is 149. The lowest BCUT2D eigenvalue weighted by Gasteiger charge is -2.20. The van der Waals surface area contributed by atoms with Crippen LogP contribution in [0.25, 0.3) is 0 Å². The molecule has 0 aliphatic heterocycles. The smallest absolute Gasteiger partial charge is 0.371 e. The number of hydrogen-bond donors (Lipinski definition) is 0. The van der Waals surface area contributed by atoms with Crippen molar-refractivity contribution in [1.82, 2.24) is 4.90 Å². The minimum Gasteiger partial charge on any atom is -0.371 e. The summed E-state index contributed by atoms with van der Waals surface area (Å²) in [5, 5.41) is 0. The van der Waals surface area contributed by atoms with Gasteiger partial charge >= 0.3 is 6.18 Å². The summed E-state index contributed by atoms with van der Waals surface area (Å²) in [6, 6.07) is 0. The molecule has 0 amide bonds. The van der Waals surface area contributed by atoms with Gasteiger partial charge in [-0.2, -0.15) is 13.2 Å². The Morgan fingerprint density at radius 3 is 2.33 bits per heavy atom. The van der Waals surface area contributed by atoms with Gasteiger partial charge in [-0.15, -0.1) is 11.6 Å². The van der Waals surface area contributed by atoms with Crippen molar-refractivity contribution >= 4 is 11.6 Å². The second kappa shape index (κ2) is 8.19. The summed E-state index contributed by atoms with van der Waals surface area (Å²) in [4.78, 5) is 1.99. The van der Waals surface area contributed by atoms with Crippen LogP contribution >= 0.6 is 11.6 Å². The predicted octanol–water partition coefficient (Wildman–Crippen LogP) is 2.52. The molecule has 0 aliphatic carbocycles. The van der Waals surface area contributed by atoms with Crippen molar-refractivity contribution < 1.29 is 17.9 Å². The molecule has 0 N–H and O–H groups in total. The summed E-state index contributed by atoms with van der Waals surface area (Å²) in [6.45, 7) is 2.95. The monoisotopic (exact) mass is 247 g/mol. The number of halogens is 4. The summed E-state index contributed by atoms with van der Waals surface area (Å²) in [6.07, 6.45) is -3.28. The molecule has 0 rings (SSSR count). The van der Waals surface area contributed by atoms with Gasteiger partial charge in [0.2, 0.25) is 0 Å². The van der Waals surface area contributed by atoms with E-state index in [0.717, 1.165) is 13.0 Å². The van der Waals surface area contributed by atoms with Gasteiger partial charge in [-0.05, 0) is 13.0 Å². The maximum atomic E-state index is 11.7. The molecule has 0 aromatic heterocycles. The van der Waals surface area contributed by atoms with Gasteiger partial charge in [0.05, 0.1) is 6.61 Å². The fraction of sp³-hybridized carbons (Fsp3) is 1.00. The third-order valence-electron chi connectivity index (χ3n) is 1.76. The SMILES string of the molecule is CCCN(CCCl)CCOCC(F)(F)F. The lowest BCUT2D eigenvalue weighted by Crippen LogP contribution is -2.31. The molecule has 15 heavy (non-hydrogen) atoms. The first kappa shape index (κ1) is 15.0. The molecule has 2 nitrogen and oxygen atoms in total. The fourth-order valence-electron chi connectivity index (χ4n) is 1.15. The summed E-state index contributed by atoms with van der Waals surface area (Å²) in [5.74, 6) is 0.485. The zero-order valence-corrected chi connectivity index (χ0v) is 9.57. The van der Waals surface area contributed by atoms with E-state index in [1.807, 2.05) is 11.8 Å². The maximum Gasteiger partial charge on any atom is 0.411 e. The highest BCUT2D eigenvalue weighted by Gasteiger charge is 2.27. The highest BCUT2D eigenvalue weighted by molar-refractivity contribution is 6.18. The van der Waals surface area contributed by atoms with E-state index in [4.69, 9.17) is 11.6 Å². The largest absolute Gasteiger partial charge is 0.411 e. The van der Waals surface area contributed by atoms with Crippen LogP contribution in [0.1, 0.15) is 13.3 Å². The Kier molecular flexibility index (Phi) is 8.19.